The van der Waals surface area contributed by atoms with Gasteiger partial charge in [-0.2, -0.15) is 11.3 Å². The van der Waals surface area contributed by atoms with E-state index in [0.29, 0.717) is 5.02 Å². The molecule has 36 heavy (non-hydrogen) atoms. The lowest BCUT2D eigenvalue weighted by atomic mass is 9.87. The van der Waals surface area contributed by atoms with Crippen LogP contribution < -0.4 is 0 Å². The van der Waals surface area contributed by atoms with Crippen LogP contribution in [0, 0.1) is 5.92 Å². The molecule has 0 saturated carbocycles. The van der Waals surface area contributed by atoms with Gasteiger partial charge in [-0.1, -0.05) is 61.7 Å². The molecule has 1 N–H and O–H groups in total. The molecule has 3 aliphatic rings. The van der Waals surface area contributed by atoms with Gasteiger partial charge in [0.05, 0.1) is 17.8 Å². The SMILES string of the molecule is CC1CCN(Cc2ccc(Cl)cc2Cl)C1.CCCC1(CO)CCC2(CCN(C)CC2)O1.c1ccsc1. The Morgan fingerprint density at radius 2 is 1.81 bits per heavy atom. The smallest absolute Gasteiger partial charge is 0.0920 e. The van der Waals surface area contributed by atoms with Crippen molar-refractivity contribution in [1.29, 1.82) is 0 Å². The van der Waals surface area contributed by atoms with Crippen LogP contribution in [0.2, 0.25) is 10.0 Å². The number of benzene rings is 1. The molecule has 5 rings (SSSR count). The number of aliphatic hydroxyl groups excluding tert-OH is 1. The Hall–Kier alpha value is -0.660. The summed E-state index contributed by atoms with van der Waals surface area (Å²) in [7, 11) is 2.17. The van der Waals surface area contributed by atoms with Gasteiger partial charge in [-0.15, -0.1) is 0 Å². The molecule has 3 aliphatic heterocycles. The van der Waals surface area contributed by atoms with Gasteiger partial charge in [0.2, 0.25) is 0 Å². The first-order valence-electron chi connectivity index (χ1n) is 13.4. The van der Waals surface area contributed by atoms with Crippen LogP contribution in [0.25, 0.3) is 0 Å². The fourth-order valence-electron chi connectivity index (χ4n) is 5.50. The topological polar surface area (TPSA) is 35.9 Å². The third kappa shape index (κ3) is 8.97. The summed E-state index contributed by atoms with van der Waals surface area (Å²) in [5.41, 5.74) is 1.05. The van der Waals surface area contributed by atoms with Crippen molar-refractivity contribution >= 4 is 34.5 Å². The molecule has 3 fully saturated rings. The van der Waals surface area contributed by atoms with E-state index in [0.717, 1.165) is 69.1 Å². The van der Waals surface area contributed by atoms with Crippen molar-refractivity contribution in [3.8, 4) is 0 Å². The summed E-state index contributed by atoms with van der Waals surface area (Å²) in [5, 5.41) is 15.1. The second kappa shape index (κ2) is 14.5. The maximum absolute atomic E-state index is 9.58. The van der Waals surface area contributed by atoms with Gasteiger partial charge in [0.1, 0.15) is 0 Å². The zero-order chi connectivity index (χ0) is 26.0. The third-order valence-electron chi connectivity index (χ3n) is 7.70. The molecule has 4 nitrogen and oxygen atoms in total. The minimum absolute atomic E-state index is 0.0877. The van der Waals surface area contributed by atoms with E-state index >= 15 is 0 Å². The molecule has 0 bridgehead atoms. The number of piperidine rings is 1. The van der Waals surface area contributed by atoms with Gasteiger partial charge in [-0.3, -0.25) is 4.90 Å². The maximum Gasteiger partial charge on any atom is 0.0920 e. The Kier molecular flexibility index (Phi) is 12.0. The second-order valence-electron chi connectivity index (χ2n) is 10.8. The molecular formula is C29H44Cl2N2O2S. The van der Waals surface area contributed by atoms with Gasteiger partial charge < -0.3 is 14.7 Å². The van der Waals surface area contributed by atoms with Gasteiger partial charge in [-0.25, -0.2) is 0 Å². The highest BCUT2D eigenvalue weighted by Gasteiger charge is 2.49. The first kappa shape index (κ1) is 29.9. The van der Waals surface area contributed by atoms with Crippen LogP contribution in [-0.4, -0.2) is 65.9 Å². The van der Waals surface area contributed by atoms with E-state index in [9.17, 15) is 5.11 Å². The first-order chi connectivity index (χ1) is 17.3. The molecule has 0 amide bonds. The molecule has 2 unspecified atom stereocenters. The van der Waals surface area contributed by atoms with Crippen molar-refractivity contribution in [2.75, 3.05) is 39.8 Å². The highest BCUT2D eigenvalue weighted by Crippen LogP contribution is 2.45. The zero-order valence-corrected chi connectivity index (χ0v) is 24.6. The Morgan fingerprint density at radius 3 is 2.33 bits per heavy atom. The van der Waals surface area contributed by atoms with E-state index in [4.69, 9.17) is 27.9 Å². The number of thiophene rings is 1. The molecule has 4 heterocycles. The Bertz CT molecular complexity index is 872. The molecule has 3 saturated heterocycles. The normalized spacial score (nSPS) is 25.8. The van der Waals surface area contributed by atoms with Crippen molar-refractivity contribution in [3.63, 3.8) is 0 Å². The molecule has 2 atom stereocenters. The molecular weight excluding hydrogens is 511 g/mol. The lowest BCUT2D eigenvalue weighted by molar-refractivity contribution is -0.146. The summed E-state index contributed by atoms with van der Waals surface area (Å²) >= 11 is 13.7. The molecule has 0 aliphatic carbocycles. The van der Waals surface area contributed by atoms with Crippen molar-refractivity contribution in [2.45, 2.75) is 76.5 Å². The summed E-state index contributed by atoms with van der Waals surface area (Å²) in [4.78, 5) is 4.81. The number of ether oxygens (including phenoxy) is 1. The standard InChI is InChI=1S/C13H25NO2.C12H15Cl2N.C4H4S/c1-3-4-13(11-15)6-5-12(16-13)7-9-14(2)10-8-12;1-9-4-5-15(7-9)8-10-2-3-11(13)6-12(10)14;1-2-4-5-3-1/h15H,3-11H2,1-2H3;2-3,6,9H,4-5,7-8H2,1H3;1-4H. The van der Waals surface area contributed by atoms with Crippen LogP contribution in [0.5, 0.6) is 0 Å². The van der Waals surface area contributed by atoms with Crippen molar-refractivity contribution in [2.24, 2.45) is 5.92 Å². The predicted octanol–water partition coefficient (Wildman–Crippen LogP) is 7.38. The number of likely N-dealkylation sites (tertiary alicyclic amines) is 2. The highest BCUT2D eigenvalue weighted by atomic mass is 35.5. The van der Waals surface area contributed by atoms with Crippen molar-refractivity contribution in [1.82, 2.24) is 9.80 Å². The van der Waals surface area contributed by atoms with Crippen LogP contribution >= 0.6 is 34.5 Å². The average Bonchev–Trinajstić information content (AvgIpc) is 3.63. The summed E-state index contributed by atoms with van der Waals surface area (Å²) in [6, 6.07) is 9.78. The third-order valence-corrected chi connectivity index (χ3v) is 8.92. The van der Waals surface area contributed by atoms with E-state index in [1.807, 2.05) is 41.1 Å². The molecule has 0 radical (unpaired) electrons. The molecule has 1 aromatic heterocycles. The number of aliphatic hydroxyl groups is 1. The monoisotopic (exact) mass is 554 g/mol. The lowest BCUT2D eigenvalue weighted by Gasteiger charge is -2.40. The summed E-state index contributed by atoms with van der Waals surface area (Å²) in [6.07, 6.45) is 7.84. The zero-order valence-electron chi connectivity index (χ0n) is 22.2. The lowest BCUT2D eigenvalue weighted by Crippen LogP contribution is -2.45. The molecule has 1 spiro atoms. The van der Waals surface area contributed by atoms with Crippen LogP contribution in [0.15, 0.2) is 41.1 Å². The van der Waals surface area contributed by atoms with Gasteiger partial charge in [0.15, 0.2) is 0 Å². The van der Waals surface area contributed by atoms with Crippen molar-refractivity contribution < 1.29 is 9.84 Å². The van der Waals surface area contributed by atoms with Gasteiger partial charge in [-0.05, 0) is 86.5 Å². The largest absolute Gasteiger partial charge is 0.393 e. The second-order valence-corrected chi connectivity index (χ2v) is 12.5. The first-order valence-corrected chi connectivity index (χ1v) is 15.1. The van der Waals surface area contributed by atoms with E-state index in [2.05, 4.69) is 30.7 Å². The fraction of sp³-hybridized carbons (Fsp3) is 0.655. The minimum atomic E-state index is -0.218. The average molecular weight is 556 g/mol. The van der Waals surface area contributed by atoms with Gasteiger partial charge in [0, 0.05) is 36.2 Å². The molecule has 202 valence electrons. The number of hydrogen-bond acceptors (Lipinski definition) is 5. The maximum atomic E-state index is 9.58. The molecule has 2 aromatic rings. The predicted molar refractivity (Wildman–Crippen MR) is 154 cm³/mol. The summed E-state index contributed by atoms with van der Waals surface area (Å²) in [6.45, 7) is 10.2. The van der Waals surface area contributed by atoms with Gasteiger partial charge in [0.25, 0.3) is 0 Å². The number of nitrogens with zero attached hydrogens (tertiary/aromatic N) is 2. The van der Waals surface area contributed by atoms with E-state index in [1.54, 1.807) is 11.3 Å². The van der Waals surface area contributed by atoms with Crippen LogP contribution in [0.3, 0.4) is 0 Å². The minimum Gasteiger partial charge on any atom is -0.393 e. The van der Waals surface area contributed by atoms with Crippen LogP contribution in [-0.2, 0) is 11.3 Å². The number of rotatable bonds is 5. The Labute approximate surface area is 232 Å². The van der Waals surface area contributed by atoms with Crippen LogP contribution in [0.1, 0.15) is 64.4 Å². The fourth-order valence-corrected chi connectivity index (χ4v) is 6.43. The number of hydrogen-bond donors (Lipinski definition) is 1. The summed E-state index contributed by atoms with van der Waals surface area (Å²) < 4.78 is 6.34. The number of halogens is 2. The molecule has 1 aromatic carbocycles. The quantitative estimate of drug-likeness (QED) is 0.418. The highest BCUT2D eigenvalue weighted by molar-refractivity contribution is 7.07. The Balaban J connectivity index is 0.000000168. The Morgan fingerprint density at radius 1 is 1.08 bits per heavy atom. The van der Waals surface area contributed by atoms with Crippen molar-refractivity contribution in [3.05, 3.63) is 56.7 Å². The van der Waals surface area contributed by atoms with E-state index in [-0.39, 0.29) is 17.8 Å². The van der Waals surface area contributed by atoms with E-state index in [1.165, 1.54) is 25.1 Å². The summed E-state index contributed by atoms with van der Waals surface area (Å²) in [5.74, 6) is 0.816. The van der Waals surface area contributed by atoms with Gasteiger partial charge >= 0.3 is 0 Å². The van der Waals surface area contributed by atoms with Crippen LogP contribution in [0.4, 0.5) is 0 Å². The van der Waals surface area contributed by atoms with E-state index < -0.39 is 0 Å². The molecule has 7 heteroatoms.